The zero-order valence-corrected chi connectivity index (χ0v) is 9.51. The number of hydrogen-bond acceptors (Lipinski definition) is 2. The molecule has 0 unspecified atom stereocenters. The highest BCUT2D eigenvalue weighted by molar-refractivity contribution is 4.91. The fourth-order valence-electron chi connectivity index (χ4n) is 1.85. The van der Waals surface area contributed by atoms with E-state index in [9.17, 15) is 0 Å². The van der Waals surface area contributed by atoms with Crippen LogP contribution >= 0.6 is 0 Å². The molecular formula is C12H23NO. The Morgan fingerprint density at radius 3 is 2.71 bits per heavy atom. The highest BCUT2D eigenvalue weighted by Gasteiger charge is 2.36. The van der Waals surface area contributed by atoms with Crippen molar-refractivity contribution in [2.75, 3.05) is 19.7 Å². The summed E-state index contributed by atoms with van der Waals surface area (Å²) in [6, 6.07) is 0. The van der Waals surface area contributed by atoms with Gasteiger partial charge in [0, 0.05) is 0 Å². The Bertz CT molecular complexity index is 173. The first-order valence-electron chi connectivity index (χ1n) is 5.79. The predicted molar refractivity (Wildman–Crippen MR) is 60.5 cm³/mol. The van der Waals surface area contributed by atoms with Gasteiger partial charge in [-0.25, -0.2) is 0 Å². The van der Waals surface area contributed by atoms with Crippen molar-refractivity contribution >= 4 is 0 Å². The van der Waals surface area contributed by atoms with Crippen LogP contribution in [0, 0.1) is 0 Å². The number of rotatable bonds is 7. The summed E-state index contributed by atoms with van der Waals surface area (Å²) >= 11 is 0. The largest absolute Gasteiger partial charge is 0.371 e. The van der Waals surface area contributed by atoms with Gasteiger partial charge in [-0.15, -0.1) is 0 Å². The van der Waals surface area contributed by atoms with E-state index in [-0.39, 0.29) is 5.60 Å². The summed E-state index contributed by atoms with van der Waals surface area (Å²) in [6.07, 6.45) is 9.14. The van der Waals surface area contributed by atoms with E-state index in [1.165, 1.54) is 25.7 Å². The third-order valence-electron chi connectivity index (χ3n) is 2.99. The van der Waals surface area contributed by atoms with Crippen LogP contribution in [-0.4, -0.2) is 25.3 Å². The molecule has 1 fully saturated rings. The summed E-state index contributed by atoms with van der Waals surface area (Å²) in [5, 5.41) is 3.36. The molecule has 2 heteroatoms. The first-order chi connectivity index (χ1) is 6.83. The molecule has 0 aliphatic heterocycles. The molecule has 0 radical (unpaired) electrons. The molecule has 0 aromatic rings. The molecule has 14 heavy (non-hydrogen) atoms. The van der Waals surface area contributed by atoms with Gasteiger partial charge in [-0.1, -0.05) is 19.1 Å². The quantitative estimate of drug-likeness (QED) is 0.500. The van der Waals surface area contributed by atoms with Crippen LogP contribution in [0.1, 0.15) is 39.5 Å². The molecule has 0 bridgehead atoms. The summed E-state index contributed by atoms with van der Waals surface area (Å²) in [6.45, 7) is 7.11. The van der Waals surface area contributed by atoms with Gasteiger partial charge in [0.05, 0.1) is 12.2 Å². The minimum absolute atomic E-state index is 0.210. The zero-order valence-electron chi connectivity index (χ0n) is 9.51. The predicted octanol–water partition coefficient (Wildman–Crippen LogP) is 2.50. The van der Waals surface area contributed by atoms with E-state index in [0.29, 0.717) is 0 Å². The van der Waals surface area contributed by atoms with E-state index in [2.05, 4.69) is 24.4 Å². The van der Waals surface area contributed by atoms with Crippen LogP contribution in [0.2, 0.25) is 0 Å². The van der Waals surface area contributed by atoms with Crippen LogP contribution in [0.3, 0.4) is 0 Å². The second-order valence-electron chi connectivity index (χ2n) is 4.02. The van der Waals surface area contributed by atoms with Crippen molar-refractivity contribution in [3.8, 4) is 0 Å². The minimum atomic E-state index is 0.210. The lowest BCUT2D eigenvalue weighted by molar-refractivity contribution is -0.0929. The van der Waals surface area contributed by atoms with E-state index in [1.54, 1.807) is 0 Å². The van der Waals surface area contributed by atoms with Crippen molar-refractivity contribution in [1.82, 2.24) is 5.32 Å². The molecule has 1 N–H and O–H groups in total. The smallest absolute Gasteiger partial charge is 0.0699 e. The van der Waals surface area contributed by atoms with Crippen molar-refractivity contribution in [2.24, 2.45) is 0 Å². The summed E-state index contributed by atoms with van der Waals surface area (Å²) in [5.74, 6) is 0. The van der Waals surface area contributed by atoms with Crippen molar-refractivity contribution in [3.63, 3.8) is 0 Å². The Morgan fingerprint density at radius 2 is 2.21 bits per heavy atom. The number of hydrogen-bond donors (Lipinski definition) is 1. The fraction of sp³-hybridized carbons (Fsp3) is 0.833. The molecule has 0 heterocycles. The van der Waals surface area contributed by atoms with Gasteiger partial charge < -0.3 is 10.1 Å². The second kappa shape index (κ2) is 6.20. The van der Waals surface area contributed by atoms with E-state index in [1.807, 2.05) is 6.92 Å². The van der Waals surface area contributed by atoms with Crippen molar-refractivity contribution in [1.29, 1.82) is 0 Å². The lowest BCUT2D eigenvalue weighted by atomic mass is 9.77. The first kappa shape index (κ1) is 11.7. The molecular weight excluding hydrogens is 174 g/mol. The molecule has 2 nitrogen and oxygen atoms in total. The monoisotopic (exact) mass is 197 g/mol. The molecule has 1 saturated carbocycles. The van der Waals surface area contributed by atoms with Crippen molar-refractivity contribution in [3.05, 3.63) is 12.2 Å². The lowest BCUT2D eigenvalue weighted by Crippen LogP contribution is -2.42. The van der Waals surface area contributed by atoms with Crippen LogP contribution in [0.15, 0.2) is 12.2 Å². The van der Waals surface area contributed by atoms with Crippen LogP contribution in [0.5, 0.6) is 0 Å². The van der Waals surface area contributed by atoms with Crippen molar-refractivity contribution < 1.29 is 4.74 Å². The SMILES string of the molecule is C/C=C/COC1(CCNCC)CCC1. The fourth-order valence-corrected chi connectivity index (χ4v) is 1.85. The average Bonchev–Trinajstić information content (AvgIpc) is 2.13. The van der Waals surface area contributed by atoms with Crippen LogP contribution in [0.25, 0.3) is 0 Å². The normalized spacial score (nSPS) is 19.9. The van der Waals surface area contributed by atoms with Gasteiger partial charge in [0.25, 0.3) is 0 Å². The molecule has 0 spiro atoms. The average molecular weight is 197 g/mol. The molecule has 0 aromatic heterocycles. The van der Waals surface area contributed by atoms with Gasteiger partial charge in [-0.05, 0) is 45.7 Å². The standard InChI is InChI=1S/C12H23NO/c1-3-5-11-14-12(7-6-8-12)9-10-13-4-2/h3,5,13H,4,6-11H2,1-2H3/b5-3+. The summed E-state index contributed by atoms with van der Waals surface area (Å²) in [4.78, 5) is 0. The molecule has 0 atom stereocenters. The Hall–Kier alpha value is -0.340. The second-order valence-corrected chi connectivity index (χ2v) is 4.02. The molecule has 0 amide bonds. The molecule has 1 aliphatic carbocycles. The van der Waals surface area contributed by atoms with Crippen LogP contribution in [0.4, 0.5) is 0 Å². The maximum atomic E-state index is 5.93. The van der Waals surface area contributed by atoms with E-state index < -0.39 is 0 Å². The van der Waals surface area contributed by atoms with Gasteiger partial charge in [-0.2, -0.15) is 0 Å². The first-order valence-corrected chi connectivity index (χ1v) is 5.79. The van der Waals surface area contributed by atoms with E-state index in [0.717, 1.165) is 19.7 Å². The lowest BCUT2D eigenvalue weighted by Gasteiger charge is -2.41. The van der Waals surface area contributed by atoms with Gasteiger partial charge in [0.15, 0.2) is 0 Å². The number of nitrogens with one attached hydrogen (secondary N) is 1. The summed E-state index contributed by atoms with van der Waals surface area (Å²) in [7, 11) is 0. The zero-order chi connectivity index (χ0) is 10.3. The van der Waals surface area contributed by atoms with Crippen molar-refractivity contribution in [2.45, 2.75) is 45.1 Å². The summed E-state index contributed by atoms with van der Waals surface area (Å²) < 4.78 is 5.93. The maximum Gasteiger partial charge on any atom is 0.0699 e. The number of ether oxygens (including phenoxy) is 1. The third kappa shape index (κ3) is 3.43. The molecule has 0 saturated heterocycles. The molecule has 1 aliphatic rings. The van der Waals surface area contributed by atoms with E-state index in [4.69, 9.17) is 4.74 Å². The highest BCUT2D eigenvalue weighted by Crippen LogP contribution is 2.38. The van der Waals surface area contributed by atoms with Gasteiger partial charge in [-0.3, -0.25) is 0 Å². The Kier molecular flexibility index (Phi) is 5.20. The van der Waals surface area contributed by atoms with Gasteiger partial charge >= 0.3 is 0 Å². The van der Waals surface area contributed by atoms with Gasteiger partial charge in [0.1, 0.15) is 0 Å². The summed E-state index contributed by atoms with van der Waals surface area (Å²) in [5.41, 5.74) is 0.210. The molecule has 1 rings (SSSR count). The van der Waals surface area contributed by atoms with E-state index >= 15 is 0 Å². The highest BCUT2D eigenvalue weighted by atomic mass is 16.5. The Balaban J connectivity index is 2.19. The van der Waals surface area contributed by atoms with Gasteiger partial charge in [0.2, 0.25) is 0 Å². The third-order valence-corrected chi connectivity index (χ3v) is 2.99. The van der Waals surface area contributed by atoms with Crippen LogP contribution < -0.4 is 5.32 Å². The minimum Gasteiger partial charge on any atom is -0.371 e. The number of allylic oxidation sites excluding steroid dienone is 1. The molecule has 82 valence electrons. The Labute approximate surface area is 87.7 Å². The molecule has 0 aromatic carbocycles. The Morgan fingerprint density at radius 1 is 1.43 bits per heavy atom. The maximum absolute atomic E-state index is 5.93. The van der Waals surface area contributed by atoms with Crippen LogP contribution in [-0.2, 0) is 4.74 Å². The topological polar surface area (TPSA) is 21.3 Å².